The average molecular weight is 281 g/mol. The fourth-order valence-corrected chi connectivity index (χ4v) is 1.91. The molecule has 4 heteroatoms. The predicted octanol–water partition coefficient (Wildman–Crippen LogP) is 4.63. The van der Waals surface area contributed by atoms with Gasteiger partial charge in [-0.3, -0.25) is 0 Å². The number of aryl methyl sites for hydroxylation is 1. The lowest BCUT2D eigenvalue weighted by Crippen LogP contribution is -1.99. The zero-order chi connectivity index (χ0) is 14.0. The van der Waals surface area contributed by atoms with Gasteiger partial charge in [-0.1, -0.05) is 23.7 Å². The molecule has 0 aromatic heterocycles. The molecule has 0 spiro atoms. The predicted molar refractivity (Wildman–Crippen MR) is 73.3 cm³/mol. The number of para-hydroxylation sites is 1. The molecule has 2 aromatic rings. The second kappa shape index (κ2) is 5.59. The Labute approximate surface area is 116 Å². The summed E-state index contributed by atoms with van der Waals surface area (Å²) in [7, 11) is 0. The van der Waals surface area contributed by atoms with Gasteiger partial charge in [0.15, 0.2) is 0 Å². The van der Waals surface area contributed by atoms with Crippen LogP contribution < -0.4 is 4.74 Å². The van der Waals surface area contributed by atoms with Crippen LogP contribution in [0.2, 0.25) is 5.02 Å². The van der Waals surface area contributed by atoms with Crippen molar-refractivity contribution < 1.29 is 14.2 Å². The summed E-state index contributed by atoms with van der Waals surface area (Å²) >= 11 is 6.02. The number of halogens is 2. The first-order valence-corrected chi connectivity index (χ1v) is 6.27. The maximum atomic E-state index is 13.5. The third kappa shape index (κ3) is 3.06. The van der Waals surface area contributed by atoms with Crippen molar-refractivity contribution in [1.82, 2.24) is 0 Å². The van der Waals surface area contributed by atoms with Crippen molar-refractivity contribution in [3.63, 3.8) is 0 Å². The Hall–Kier alpha value is -1.58. The summed E-state index contributed by atoms with van der Waals surface area (Å²) in [6, 6.07) is 9.84. The lowest BCUT2D eigenvalue weighted by atomic mass is 10.1. The first kappa shape index (κ1) is 13.8. The van der Waals surface area contributed by atoms with E-state index < -0.39 is 6.10 Å². The monoisotopic (exact) mass is 280 g/mol. The molecular weight excluding hydrogens is 267 g/mol. The van der Waals surface area contributed by atoms with E-state index in [2.05, 4.69) is 0 Å². The molecule has 2 rings (SSSR count). The van der Waals surface area contributed by atoms with E-state index in [0.29, 0.717) is 27.6 Å². The Morgan fingerprint density at radius 3 is 2.53 bits per heavy atom. The largest absolute Gasteiger partial charge is 0.455 e. The molecule has 0 aliphatic carbocycles. The van der Waals surface area contributed by atoms with Crippen LogP contribution in [0.4, 0.5) is 4.39 Å². The van der Waals surface area contributed by atoms with Gasteiger partial charge in [-0.05, 0) is 43.7 Å². The van der Waals surface area contributed by atoms with Gasteiger partial charge < -0.3 is 9.84 Å². The van der Waals surface area contributed by atoms with E-state index in [1.54, 1.807) is 44.2 Å². The average Bonchev–Trinajstić information content (AvgIpc) is 2.36. The Morgan fingerprint density at radius 2 is 1.89 bits per heavy atom. The summed E-state index contributed by atoms with van der Waals surface area (Å²) in [6.07, 6.45) is -0.826. The highest BCUT2D eigenvalue weighted by Gasteiger charge is 2.14. The van der Waals surface area contributed by atoms with Crippen LogP contribution in [0.5, 0.6) is 11.5 Å². The third-order valence-electron chi connectivity index (χ3n) is 2.80. The number of ether oxygens (including phenoxy) is 1. The van der Waals surface area contributed by atoms with E-state index in [1.165, 1.54) is 6.07 Å². The van der Waals surface area contributed by atoms with Crippen LogP contribution in [-0.2, 0) is 0 Å². The van der Waals surface area contributed by atoms with Crippen molar-refractivity contribution in [1.29, 1.82) is 0 Å². The van der Waals surface area contributed by atoms with E-state index in [9.17, 15) is 9.50 Å². The van der Waals surface area contributed by atoms with Gasteiger partial charge in [0.1, 0.15) is 17.3 Å². The molecule has 0 bridgehead atoms. The molecule has 0 fully saturated rings. The zero-order valence-corrected chi connectivity index (χ0v) is 11.4. The normalized spacial score (nSPS) is 12.3. The van der Waals surface area contributed by atoms with Crippen molar-refractivity contribution in [3.8, 4) is 11.5 Å². The molecule has 1 N–H and O–H groups in total. The van der Waals surface area contributed by atoms with Crippen molar-refractivity contribution in [2.24, 2.45) is 0 Å². The number of aliphatic hydroxyl groups excluding tert-OH is 1. The maximum Gasteiger partial charge on any atom is 0.146 e. The van der Waals surface area contributed by atoms with Crippen LogP contribution in [0.25, 0.3) is 0 Å². The summed E-state index contributed by atoms with van der Waals surface area (Å²) in [5, 5.41) is 10.1. The van der Waals surface area contributed by atoms with E-state index in [-0.39, 0.29) is 5.82 Å². The molecule has 0 radical (unpaired) electrons. The van der Waals surface area contributed by atoms with Gasteiger partial charge in [-0.15, -0.1) is 0 Å². The van der Waals surface area contributed by atoms with Gasteiger partial charge in [-0.2, -0.15) is 0 Å². The van der Waals surface area contributed by atoms with Crippen LogP contribution >= 0.6 is 11.6 Å². The molecule has 0 unspecified atom stereocenters. The molecule has 0 saturated heterocycles. The highest BCUT2D eigenvalue weighted by molar-refractivity contribution is 6.32. The maximum absolute atomic E-state index is 13.5. The highest BCUT2D eigenvalue weighted by atomic mass is 35.5. The van der Waals surface area contributed by atoms with Crippen LogP contribution in [0.15, 0.2) is 36.4 Å². The quantitative estimate of drug-likeness (QED) is 0.888. The van der Waals surface area contributed by atoms with Gasteiger partial charge in [0, 0.05) is 5.56 Å². The van der Waals surface area contributed by atoms with Crippen molar-refractivity contribution in [2.45, 2.75) is 20.0 Å². The second-order valence-corrected chi connectivity index (χ2v) is 4.75. The molecule has 19 heavy (non-hydrogen) atoms. The van der Waals surface area contributed by atoms with Crippen LogP contribution in [0.1, 0.15) is 24.2 Å². The fraction of sp³-hybridized carbons (Fsp3) is 0.200. The smallest absolute Gasteiger partial charge is 0.146 e. The molecule has 0 aliphatic rings. The number of rotatable bonds is 3. The molecule has 2 aromatic carbocycles. The Balaban J connectivity index is 2.45. The van der Waals surface area contributed by atoms with Gasteiger partial charge in [0.2, 0.25) is 0 Å². The third-order valence-corrected chi connectivity index (χ3v) is 3.11. The summed E-state index contributed by atoms with van der Waals surface area (Å²) < 4.78 is 19.2. The lowest BCUT2D eigenvalue weighted by molar-refractivity contribution is 0.195. The molecule has 2 nitrogen and oxygen atoms in total. The number of aliphatic hydroxyl groups is 1. The molecule has 1 atom stereocenters. The van der Waals surface area contributed by atoms with Crippen LogP contribution in [-0.4, -0.2) is 5.11 Å². The lowest BCUT2D eigenvalue weighted by Gasteiger charge is -2.15. The summed E-state index contributed by atoms with van der Waals surface area (Å²) in [5.41, 5.74) is 0.842. The highest BCUT2D eigenvalue weighted by Crippen LogP contribution is 2.34. The summed E-state index contributed by atoms with van der Waals surface area (Å²) in [5.74, 6) is 0.501. The van der Waals surface area contributed by atoms with E-state index in [4.69, 9.17) is 16.3 Å². The van der Waals surface area contributed by atoms with Crippen molar-refractivity contribution >= 4 is 11.6 Å². The van der Waals surface area contributed by atoms with Gasteiger partial charge >= 0.3 is 0 Å². The Bertz CT molecular complexity index is 597. The second-order valence-electron chi connectivity index (χ2n) is 4.35. The minimum absolute atomic E-state index is 0.373. The molecule has 100 valence electrons. The van der Waals surface area contributed by atoms with Gasteiger partial charge in [0.05, 0.1) is 11.1 Å². The Morgan fingerprint density at radius 1 is 1.21 bits per heavy atom. The van der Waals surface area contributed by atoms with Crippen molar-refractivity contribution in [3.05, 3.63) is 58.4 Å². The minimum Gasteiger partial charge on any atom is -0.455 e. The fourth-order valence-electron chi connectivity index (χ4n) is 1.73. The van der Waals surface area contributed by atoms with E-state index in [0.717, 1.165) is 0 Å². The topological polar surface area (TPSA) is 29.5 Å². The molecule has 0 aliphatic heterocycles. The number of hydrogen-bond donors (Lipinski definition) is 1. The van der Waals surface area contributed by atoms with Gasteiger partial charge in [0.25, 0.3) is 0 Å². The zero-order valence-electron chi connectivity index (χ0n) is 10.7. The van der Waals surface area contributed by atoms with E-state index >= 15 is 0 Å². The molecular formula is C15H14ClFO2. The van der Waals surface area contributed by atoms with E-state index in [1.807, 2.05) is 0 Å². The summed E-state index contributed by atoms with van der Waals surface area (Å²) in [4.78, 5) is 0. The first-order valence-electron chi connectivity index (χ1n) is 5.89. The molecule has 0 saturated carbocycles. The van der Waals surface area contributed by atoms with Crippen LogP contribution in [0, 0.1) is 12.7 Å². The van der Waals surface area contributed by atoms with Crippen LogP contribution in [0.3, 0.4) is 0 Å². The SMILES string of the molecule is Cc1cc(Oc2ccccc2Cl)c([C@H](C)O)cc1F. The number of hydrogen-bond acceptors (Lipinski definition) is 2. The van der Waals surface area contributed by atoms with Gasteiger partial charge in [-0.25, -0.2) is 4.39 Å². The standard InChI is InChI=1S/C15H14ClFO2/c1-9-7-15(11(10(2)18)8-13(9)17)19-14-6-4-3-5-12(14)16/h3-8,10,18H,1-2H3/t10-/m0/s1. The number of benzene rings is 2. The van der Waals surface area contributed by atoms with Crippen molar-refractivity contribution in [2.75, 3.05) is 0 Å². The molecule has 0 amide bonds. The summed E-state index contributed by atoms with van der Waals surface area (Å²) in [6.45, 7) is 3.20. The Kier molecular flexibility index (Phi) is 4.08. The first-order chi connectivity index (χ1) is 8.99. The minimum atomic E-state index is -0.826. The molecule has 0 heterocycles.